The van der Waals surface area contributed by atoms with E-state index in [1.54, 1.807) is 12.1 Å². The molecule has 8 heteroatoms. The number of amides is 1. The van der Waals surface area contributed by atoms with Crippen LogP contribution in [0, 0.1) is 5.92 Å². The molecule has 24 heavy (non-hydrogen) atoms. The van der Waals surface area contributed by atoms with Crippen molar-refractivity contribution in [3.63, 3.8) is 0 Å². The van der Waals surface area contributed by atoms with Gasteiger partial charge in [-0.25, -0.2) is 9.59 Å². The van der Waals surface area contributed by atoms with Crippen molar-refractivity contribution in [3.05, 3.63) is 28.2 Å². The number of nitrogens with two attached hydrogens (primary N) is 1. The Balaban J connectivity index is 2.62. The van der Waals surface area contributed by atoms with Crippen LogP contribution in [0.15, 0.2) is 22.7 Å². The van der Waals surface area contributed by atoms with Crippen LogP contribution in [0.2, 0.25) is 0 Å². The minimum atomic E-state index is -0.780. The van der Waals surface area contributed by atoms with Crippen LogP contribution < -0.4 is 11.1 Å². The Hall–Kier alpha value is -2.09. The summed E-state index contributed by atoms with van der Waals surface area (Å²) in [4.78, 5) is 35.5. The van der Waals surface area contributed by atoms with Gasteiger partial charge in [-0.2, -0.15) is 0 Å². The molecule has 0 saturated heterocycles. The molecule has 1 rings (SSSR count). The number of nitrogen functional groups attached to an aromatic ring is 1. The molecule has 0 aliphatic carbocycles. The van der Waals surface area contributed by atoms with E-state index in [9.17, 15) is 14.4 Å². The Bertz CT molecular complexity index is 618. The molecule has 1 aromatic carbocycles. The molecular weight excluding hydrogens is 380 g/mol. The molecular formula is C16H21BrN2O5. The van der Waals surface area contributed by atoms with Crippen LogP contribution in [0.4, 0.5) is 5.69 Å². The smallest absolute Gasteiger partial charge is 0.340 e. The number of methoxy groups -OCH3 is 1. The lowest BCUT2D eigenvalue weighted by atomic mass is 10.0. The molecule has 0 fully saturated rings. The number of hydrogen-bond donors (Lipinski definition) is 2. The molecule has 0 radical (unpaired) electrons. The highest BCUT2D eigenvalue weighted by molar-refractivity contribution is 9.10. The minimum Gasteiger partial charge on any atom is -0.467 e. The predicted octanol–water partition coefficient (Wildman–Crippen LogP) is 1.89. The average molecular weight is 401 g/mol. The van der Waals surface area contributed by atoms with Gasteiger partial charge in [-0.15, -0.1) is 0 Å². The molecule has 0 saturated carbocycles. The van der Waals surface area contributed by atoms with E-state index in [4.69, 9.17) is 10.5 Å². The summed E-state index contributed by atoms with van der Waals surface area (Å²) in [5.41, 5.74) is 6.11. The zero-order valence-corrected chi connectivity index (χ0v) is 15.4. The van der Waals surface area contributed by atoms with Crippen LogP contribution in [0.5, 0.6) is 0 Å². The molecule has 0 aromatic heterocycles. The number of rotatable bonds is 7. The zero-order chi connectivity index (χ0) is 18.3. The monoisotopic (exact) mass is 400 g/mol. The molecule has 1 aromatic rings. The van der Waals surface area contributed by atoms with E-state index in [0.717, 1.165) is 0 Å². The Morgan fingerprint density at radius 3 is 2.54 bits per heavy atom. The Labute approximate surface area is 149 Å². The number of hydrogen-bond acceptors (Lipinski definition) is 6. The van der Waals surface area contributed by atoms with E-state index in [0.29, 0.717) is 10.9 Å². The summed E-state index contributed by atoms with van der Waals surface area (Å²) in [5, 5.41) is 2.50. The molecule has 0 aliphatic heterocycles. The summed E-state index contributed by atoms with van der Waals surface area (Å²) in [5.74, 6) is -1.67. The second kappa shape index (κ2) is 9.27. The second-order valence-corrected chi connectivity index (χ2v) is 6.50. The normalized spacial score (nSPS) is 11.7. The van der Waals surface area contributed by atoms with Gasteiger partial charge in [0.1, 0.15) is 6.04 Å². The van der Waals surface area contributed by atoms with Crippen molar-refractivity contribution in [3.8, 4) is 0 Å². The Morgan fingerprint density at radius 1 is 1.29 bits per heavy atom. The van der Waals surface area contributed by atoms with Crippen molar-refractivity contribution >= 4 is 39.5 Å². The third-order valence-corrected chi connectivity index (χ3v) is 3.59. The number of anilines is 1. The van der Waals surface area contributed by atoms with Crippen molar-refractivity contribution in [2.24, 2.45) is 5.92 Å². The highest BCUT2D eigenvalue weighted by atomic mass is 79.9. The summed E-state index contributed by atoms with van der Waals surface area (Å²) >= 11 is 3.23. The average Bonchev–Trinajstić information content (AvgIpc) is 2.53. The van der Waals surface area contributed by atoms with Crippen LogP contribution in [-0.4, -0.2) is 37.6 Å². The minimum absolute atomic E-state index is 0.156. The van der Waals surface area contributed by atoms with Crippen LogP contribution in [0.1, 0.15) is 30.6 Å². The van der Waals surface area contributed by atoms with Crippen molar-refractivity contribution in [2.75, 3.05) is 19.5 Å². The van der Waals surface area contributed by atoms with Gasteiger partial charge in [0.25, 0.3) is 5.91 Å². The largest absolute Gasteiger partial charge is 0.467 e. The Morgan fingerprint density at radius 2 is 1.96 bits per heavy atom. The van der Waals surface area contributed by atoms with Gasteiger partial charge in [0.15, 0.2) is 6.61 Å². The molecule has 0 aliphatic rings. The SMILES string of the molecule is COC(=O)[C@H](CC(C)C)NC(=O)COC(=O)c1cc(Br)ccc1N. The summed E-state index contributed by atoms with van der Waals surface area (Å²) in [6, 6.07) is 3.96. The molecule has 0 heterocycles. The van der Waals surface area contributed by atoms with Gasteiger partial charge in [0.05, 0.1) is 12.7 Å². The van der Waals surface area contributed by atoms with E-state index >= 15 is 0 Å². The van der Waals surface area contributed by atoms with Gasteiger partial charge in [0.2, 0.25) is 0 Å². The Kier molecular flexibility index (Phi) is 7.70. The van der Waals surface area contributed by atoms with Crippen LogP contribution in [0.25, 0.3) is 0 Å². The fraction of sp³-hybridized carbons (Fsp3) is 0.438. The first kappa shape index (κ1) is 20.0. The fourth-order valence-corrected chi connectivity index (χ4v) is 2.34. The van der Waals surface area contributed by atoms with E-state index in [-0.39, 0.29) is 17.2 Å². The van der Waals surface area contributed by atoms with Crippen LogP contribution in [0.3, 0.4) is 0 Å². The van der Waals surface area contributed by atoms with Crippen molar-refractivity contribution < 1.29 is 23.9 Å². The first-order valence-corrected chi connectivity index (χ1v) is 8.13. The molecule has 132 valence electrons. The van der Waals surface area contributed by atoms with Gasteiger partial charge in [-0.3, -0.25) is 4.79 Å². The van der Waals surface area contributed by atoms with E-state index in [1.807, 2.05) is 13.8 Å². The number of carbonyl (C=O) groups excluding carboxylic acids is 3. The predicted molar refractivity (Wildman–Crippen MR) is 92.2 cm³/mol. The number of halogens is 1. The lowest BCUT2D eigenvalue weighted by Gasteiger charge is -2.18. The van der Waals surface area contributed by atoms with Crippen molar-refractivity contribution in [2.45, 2.75) is 26.3 Å². The fourth-order valence-electron chi connectivity index (χ4n) is 1.98. The van der Waals surface area contributed by atoms with Crippen molar-refractivity contribution in [1.82, 2.24) is 5.32 Å². The maximum Gasteiger partial charge on any atom is 0.340 e. The molecule has 0 bridgehead atoms. The lowest BCUT2D eigenvalue weighted by molar-refractivity contribution is -0.145. The molecule has 7 nitrogen and oxygen atoms in total. The van der Waals surface area contributed by atoms with E-state index in [2.05, 4.69) is 26.0 Å². The molecule has 1 amide bonds. The van der Waals surface area contributed by atoms with Crippen LogP contribution in [-0.2, 0) is 19.1 Å². The maximum absolute atomic E-state index is 12.0. The standard InChI is InChI=1S/C16H21BrN2O5/c1-9(2)6-13(16(22)23-3)19-14(20)8-24-15(21)11-7-10(17)4-5-12(11)18/h4-5,7,9,13H,6,8,18H2,1-3H3,(H,19,20)/t13-/m0/s1. The van der Waals surface area contributed by atoms with Gasteiger partial charge >= 0.3 is 11.9 Å². The zero-order valence-electron chi connectivity index (χ0n) is 13.8. The van der Waals surface area contributed by atoms with Gasteiger partial charge in [-0.05, 0) is 30.5 Å². The summed E-state index contributed by atoms with van der Waals surface area (Å²) in [6.45, 7) is 3.31. The van der Waals surface area contributed by atoms with Crippen molar-refractivity contribution in [1.29, 1.82) is 0 Å². The summed E-state index contributed by atoms with van der Waals surface area (Å²) in [6.07, 6.45) is 0.422. The third kappa shape index (κ3) is 6.19. The highest BCUT2D eigenvalue weighted by Crippen LogP contribution is 2.19. The first-order valence-electron chi connectivity index (χ1n) is 7.34. The molecule has 0 spiro atoms. The van der Waals surface area contributed by atoms with E-state index < -0.39 is 30.5 Å². The quantitative estimate of drug-likeness (QED) is 0.534. The number of carbonyl (C=O) groups is 3. The number of nitrogens with one attached hydrogen (secondary N) is 1. The third-order valence-electron chi connectivity index (χ3n) is 3.10. The highest BCUT2D eigenvalue weighted by Gasteiger charge is 2.23. The topological polar surface area (TPSA) is 108 Å². The molecule has 1 atom stereocenters. The number of ether oxygens (including phenoxy) is 2. The second-order valence-electron chi connectivity index (χ2n) is 5.58. The first-order chi connectivity index (χ1) is 11.2. The summed E-state index contributed by atoms with van der Waals surface area (Å²) < 4.78 is 10.3. The van der Waals surface area contributed by atoms with Gasteiger partial charge < -0.3 is 20.5 Å². The maximum atomic E-state index is 12.0. The number of benzene rings is 1. The molecule has 0 unspecified atom stereocenters. The lowest BCUT2D eigenvalue weighted by Crippen LogP contribution is -2.44. The van der Waals surface area contributed by atoms with Gasteiger partial charge in [-0.1, -0.05) is 29.8 Å². The number of esters is 2. The van der Waals surface area contributed by atoms with Gasteiger partial charge in [0, 0.05) is 10.2 Å². The van der Waals surface area contributed by atoms with Crippen LogP contribution >= 0.6 is 15.9 Å². The van der Waals surface area contributed by atoms with E-state index in [1.165, 1.54) is 13.2 Å². The molecule has 3 N–H and O–H groups in total. The summed E-state index contributed by atoms with van der Waals surface area (Å²) in [7, 11) is 1.25.